The zero-order chi connectivity index (χ0) is 50.1. The van der Waals surface area contributed by atoms with E-state index in [1.165, 1.54) is 83.1 Å². The molecular weight excluding hydrogens is 936 g/mol. The summed E-state index contributed by atoms with van der Waals surface area (Å²) >= 11 is 0. The van der Waals surface area contributed by atoms with Gasteiger partial charge in [0.2, 0.25) is 10.0 Å². The van der Waals surface area contributed by atoms with Crippen molar-refractivity contribution in [2.75, 3.05) is 26.4 Å². The maximum atomic E-state index is 13.5. The number of phosphoric acid groups is 1. The van der Waals surface area contributed by atoms with Gasteiger partial charge in [-0.05, 0) is 97.2 Å². The molecule has 0 aliphatic carbocycles. The number of ether oxygens (including phenoxy) is 2. The summed E-state index contributed by atoms with van der Waals surface area (Å²) in [5.41, 5.74) is 0. The number of benzene rings is 4. The molecule has 398 valence electrons. The number of nitrogens with one attached hydrogen (secondary N) is 1. The number of hydrogen-bond donors (Lipinski definition) is 2. The number of quaternary nitrogens is 1. The number of sulfonamides is 1. The van der Waals surface area contributed by atoms with Crippen molar-refractivity contribution in [1.82, 2.24) is 10.9 Å². The fourth-order valence-corrected chi connectivity index (χ4v) is 10.8. The minimum Gasteiger partial charge on any atom is -0.756 e. The largest absolute Gasteiger partial charge is 0.756 e. The first-order valence-corrected chi connectivity index (χ1v) is 29.9. The quantitative estimate of drug-likeness (QED) is 0.0142. The summed E-state index contributed by atoms with van der Waals surface area (Å²) in [5.74, 6) is -1.00. The molecule has 0 saturated heterocycles. The zero-order valence-corrected chi connectivity index (χ0v) is 45.4. The summed E-state index contributed by atoms with van der Waals surface area (Å²) < 4.78 is 63.5. The highest BCUT2D eigenvalue weighted by molar-refractivity contribution is 7.89. The van der Waals surface area contributed by atoms with Gasteiger partial charge in [0.1, 0.15) is 6.61 Å². The molecule has 0 aliphatic heterocycles. The van der Waals surface area contributed by atoms with Gasteiger partial charge in [0.05, 0.1) is 18.1 Å². The van der Waals surface area contributed by atoms with E-state index in [2.05, 4.69) is 42.9 Å². The van der Waals surface area contributed by atoms with Gasteiger partial charge >= 0.3 is 11.9 Å². The first-order chi connectivity index (χ1) is 34.0. The van der Waals surface area contributed by atoms with Crippen molar-refractivity contribution in [3.63, 3.8) is 0 Å². The molecule has 0 radical (unpaired) electrons. The van der Waals surface area contributed by atoms with Crippen molar-refractivity contribution in [3.8, 4) is 0 Å². The minimum absolute atomic E-state index is 0. The maximum Gasteiger partial charge on any atom is 0.306 e. The Labute approximate surface area is 427 Å². The number of esters is 2. The van der Waals surface area contributed by atoms with Crippen LogP contribution in [0.5, 0.6) is 0 Å². The number of carbonyl (C=O) groups is 2. The van der Waals surface area contributed by atoms with E-state index in [0.717, 1.165) is 104 Å². The number of allylic oxidation sites excluding steroid dienone is 4. The fourth-order valence-electron chi connectivity index (χ4n) is 8.86. The molecule has 5 N–H and O–H groups in total. The van der Waals surface area contributed by atoms with Crippen LogP contribution in [0.4, 0.5) is 0 Å². The summed E-state index contributed by atoms with van der Waals surface area (Å²) in [6, 6.07) is 16.9. The second kappa shape index (κ2) is 36.3. The molecule has 0 aromatic heterocycles. The van der Waals surface area contributed by atoms with Crippen LogP contribution in [-0.2, 0) is 42.7 Å². The monoisotopic (exact) mass is 1020 g/mol. The topological polar surface area (TPSA) is 194 Å². The Morgan fingerprint density at radius 2 is 1.03 bits per heavy atom. The molecule has 2 atom stereocenters. The molecule has 0 spiro atoms. The number of hydrogen-bond acceptors (Lipinski definition) is 10. The van der Waals surface area contributed by atoms with Crippen molar-refractivity contribution in [3.05, 3.63) is 78.9 Å². The van der Waals surface area contributed by atoms with Gasteiger partial charge in [-0.3, -0.25) is 14.2 Å². The SMILES string of the molecule is CCCCCCCC/C=C/CCCCCCCC(=O)OC[C@H](COP(=O)([O-])OCCNS(=O)(=O)c1ccc2ccc3cccc4ccc1c2c34)OC(=O)CCCCCCC/C=C/CCCCCCCC.[NH4+]. The molecule has 4 aromatic carbocycles. The summed E-state index contributed by atoms with van der Waals surface area (Å²) in [6.45, 7) is 2.57. The average molecular weight is 1030 g/mol. The molecule has 0 heterocycles. The predicted molar refractivity (Wildman–Crippen MR) is 291 cm³/mol. The first-order valence-electron chi connectivity index (χ1n) is 27.0. The van der Waals surface area contributed by atoms with Crippen molar-refractivity contribution in [2.45, 2.75) is 205 Å². The Kier molecular flexibility index (Phi) is 31.5. The second-order valence-electron chi connectivity index (χ2n) is 18.9. The molecule has 14 heteroatoms. The van der Waals surface area contributed by atoms with Crippen LogP contribution >= 0.6 is 7.82 Å². The maximum absolute atomic E-state index is 13.5. The highest BCUT2D eigenvalue weighted by Gasteiger charge is 2.23. The van der Waals surface area contributed by atoms with Crippen LogP contribution in [0.1, 0.15) is 194 Å². The smallest absolute Gasteiger partial charge is 0.306 e. The van der Waals surface area contributed by atoms with Gasteiger partial charge < -0.3 is 29.6 Å². The lowest BCUT2D eigenvalue weighted by atomic mass is 9.94. The predicted octanol–water partition coefficient (Wildman–Crippen LogP) is 15.3. The van der Waals surface area contributed by atoms with E-state index >= 15 is 0 Å². The summed E-state index contributed by atoms with van der Waals surface area (Å²) in [7, 11) is -9.07. The highest BCUT2D eigenvalue weighted by Crippen LogP contribution is 2.39. The minimum atomic E-state index is -5.00. The lowest BCUT2D eigenvalue weighted by Gasteiger charge is -2.25. The molecule has 1 unspecified atom stereocenters. The van der Waals surface area contributed by atoms with Crippen molar-refractivity contribution in [1.29, 1.82) is 0 Å². The van der Waals surface area contributed by atoms with Gasteiger partial charge in [0, 0.05) is 24.8 Å². The van der Waals surface area contributed by atoms with Crippen molar-refractivity contribution in [2.24, 2.45) is 0 Å². The van der Waals surface area contributed by atoms with Crippen LogP contribution in [0.3, 0.4) is 0 Å². The summed E-state index contributed by atoms with van der Waals surface area (Å²) in [5, 5.41) is 5.27. The Hall–Kier alpha value is -3.68. The number of carbonyl (C=O) groups excluding carboxylic acids is 2. The molecule has 4 rings (SSSR count). The molecule has 0 bridgehead atoms. The fraction of sp³-hybridized carbons (Fsp3) is 0.614. The third kappa shape index (κ3) is 24.7. The van der Waals surface area contributed by atoms with Gasteiger partial charge in [-0.2, -0.15) is 0 Å². The van der Waals surface area contributed by atoms with Crippen LogP contribution in [0.15, 0.2) is 83.8 Å². The van der Waals surface area contributed by atoms with Crippen molar-refractivity contribution < 1.29 is 46.0 Å². The van der Waals surface area contributed by atoms with E-state index in [-0.39, 0.29) is 37.0 Å². The Balaban J connectivity index is 0.0000133. The molecular formula is C57H89N2O10PS. The molecule has 12 nitrogen and oxygen atoms in total. The van der Waals surface area contributed by atoms with Crippen LogP contribution in [0, 0.1) is 0 Å². The highest BCUT2D eigenvalue weighted by atomic mass is 32.2. The molecule has 0 saturated carbocycles. The number of unbranched alkanes of at least 4 members (excludes halogenated alkanes) is 22. The van der Waals surface area contributed by atoms with Crippen LogP contribution in [-0.4, -0.2) is 52.8 Å². The van der Waals surface area contributed by atoms with Crippen molar-refractivity contribution >= 4 is 62.1 Å². The normalized spacial score (nSPS) is 13.4. The Morgan fingerprint density at radius 1 is 0.577 bits per heavy atom. The Bertz CT molecular complexity index is 2290. The van der Waals surface area contributed by atoms with Gasteiger partial charge in [-0.25, -0.2) is 13.1 Å². The summed E-state index contributed by atoms with van der Waals surface area (Å²) in [6.07, 6.45) is 37.8. The van der Waals surface area contributed by atoms with Gasteiger partial charge in [0.25, 0.3) is 7.82 Å². The van der Waals surface area contributed by atoms with E-state index in [9.17, 15) is 27.5 Å². The second-order valence-corrected chi connectivity index (χ2v) is 22.0. The standard InChI is InChI=1S/C57H86NO10PS.H3N/c1-3-5-7-9-11-13-15-17-19-21-23-25-27-29-31-36-54(59)65-46-51(68-55(60)37-32-30-28-26-24-22-20-18-16-14-12-10-8-6-4-2)47-67-69(61,62)66-45-44-58-70(63,64)53-43-41-50-39-38-48-34-33-35-49-40-42-52(53)57(50)56(48)49;/h17-20,33-35,38-43,51,58H,3-16,21-32,36-37,44-47H2,1-2H3,(H,61,62);1H3/b19-17+,20-18+;/t51-;/m1./s1. The molecule has 4 aromatic rings. The number of rotatable bonds is 42. The zero-order valence-electron chi connectivity index (χ0n) is 43.6. The van der Waals surface area contributed by atoms with E-state index in [0.29, 0.717) is 18.2 Å². The van der Waals surface area contributed by atoms with E-state index in [1.54, 1.807) is 12.1 Å². The molecule has 0 amide bonds. The average Bonchev–Trinajstić information content (AvgIpc) is 3.35. The first kappa shape index (κ1) is 61.6. The van der Waals surface area contributed by atoms with Crippen LogP contribution in [0.2, 0.25) is 0 Å². The summed E-state index contributed by atoms with van der Waals surface area (Å²) in [4.78, 5) is 38.6. The number of phosphoric ester groups is 1. The van der Waals surface area contributed by atoms with Crippen LogP contribution in [0.25, 0.3) is 32.3 Å². The van der Waals surface area contributed by atoms with Gasteiger partial charge in [0.15, 0.2) is 6.10 Å². The van der Waals surface area contributed by atoms with Gasteiger partial charge in [-0.15, -0.1) is 0 Å². The van der Waals surface area contributed by atoms with Gasteiger partial charge in [-0.1, -0.05) is 189 Å². The molecule has 0 fully saturated rings. The molecule has 0 aliphatic rings. The Morgan fingerprint density at radius 3 is 1.56 bits per heavy atom. The molecule has 71 heavy (non-hydrogen) atoms. The van der Waals surface area contributed by atoms with Crippen LogP contribution < -0.4 is 15.8 Å². The third-order valence-electron chi connectivity index (χ3n) is 12.9. The lowest BCUT2D eigenvalue weighted by molar-refractivity contribution is -0.228. The van der Waals surface area contributed by atoms with E-state index in [4.69, 9.17) is 18.5 Å². The van der Waals surface area contributed by atoms with E-state index < -0.39 is 49.1 Å². The van der Waals surface area contributed by atoms with E-state index in [1.807, 2.05) is 36.4 Å². The third-order valence-corrected chi connectivity index (χ3v) is 15.3. The lowest BCUT2D eigenvalue weighted by Crippen LogP contribution is -2.31.